The van der Waals surface area contributed by atoms with Crippen LogP contribution in [0.5, 0.6) is 0 Å². The molecule has 1 unspecified atom stereocenters. The number of primary amides is 1. The van der Waals surface area contributed by atoms with Crippen molar-refractivity contribution < 1.29 is 19.5 Å². The Balaban J connectivity index is 0.000000913. The summed E-state index contributed by atoms with van der Waals surface area (Å²) in [6, 6.07) is 16.1. The second kappa shape index (κ2) is 18.1. The number of aliphatic hydroxyl groups excluding tert-OH is 1. The summed E-state index contributed by atoms with van der Waals surface area (Å²) in [6.07, 6.45) is 6.80. The van der Waals surface area contributed by atoms with Gasteiger partial charge in [-0.2, -0.15) is 0 Å². The average Bonchev–Trinajstić information content (AvgIpc) is 2.89. The van der Waals surface area contributed by atoms with Crippen molar-refractivity contribution in [3.63, 3.8) is 0 Å². The van der Waals surface area contributed by atoms with E-state index in [2.05, 4.69) is 50.0 Å². The Morgan fingerprint density at radius 2 is 1.46 bits per heavy atom. The molecule has 0 heterocycles. The number of aldehydes is 1. The van der Waals surface area contributed by atoms with Crippen molar-refractivity contribution in [1.29, 1.82) is 0 Å². The van der Waals surface area contributed by atoms with Crippen molar-refractivity contribution in [2.75, 3.05) is 7.11 Å². The van der Waals surface area contributed by atoms with Crippen molar-refractivity contribution in [3.8, 4) is 11.8 Å². The minimum absolute atomic E-state index is 0.0417. The molecule has 0 saturated heterocycles. The van der Waals surface area contributed by atoms with Crippen LogP contribution in [0.2, 0.25) is 0 Å². The number of carbonyl (C=O) groups excluding carboxylic acids is 3. The van der Waals surface area contributed by atoms with E-state index < -0.39 is 0 Å². The highest BCUT2D eigenvalue weighted by Gasteiger charge is 2.38. The third kappa shape index (κ3) is 13.0. The fourth-order valence-corrected chi connectivity index (χ4v) is 3.96. The van der Waals surface area contributed by atoms with Gasteiger partial charge in [-0.15, -0.1) is 0 Å². The minimum atomic E-state index is -0.206. The maximum atomic E-state index is 11.3. The smallest absolute Gasteiger partial charge is 0.220 e. The zero-order valence-electron chi connectivity index (χ0n) is 23.6. The fourth-order valence-electron chi connectivity index (χ4n) is 3.96. The van der Waals surface area contributed by atoms with Gasteiger partial charge in [0, 0.05) is 29.7 Å². The fraction of sp³-hybridized carbons (Fsp3) is 0.469. The van der Waals surface area contributed by atoms with Crippen molar-refractivity contribution in [3.05, 3.63) is 70.8 Å². The molecule has 0 aliphatic heterocycles. The van der Waals surface area contributed by atoms with E-state index in [0.717, 1.165) is 42.4 Å². The Hall–Kier alpha value is -3.23. The number of ketones is 1. The molecule has 0 spiro atoms. The normalized spacial score (nSPS) is 17.8. The zero-order chi connectivity index (χ0) is 28.4. The number of nitrogens with two attached hydrogens (primary N) is 1. The molecule has 3 rings (SSSR count). The van der Waals surface area contributed by atoms with Crippen LogP contribution >= 0.6 is 0 Å². The van der Waals surface area contributed by atoms with E-state index >= 15 is 0 Å². The number of aliphatic hydroxyl groups is 1. The van der Waals surface area contributed by atoms with Gasteiger partial charge >= 0.3 is 0 Å². The first-order valence-electron chi connectivity index (χ1n) is 12.9. The molecule has 0 radical (unpaired) electrons. The number of amides is 1. The average molecular weight is 508 g/mol. The summed E-state index contributed by atoms with van der Waals surface area (Å²) in [7, 11) is 1.00. The highest BCUT2D eigenvalue weighted by Crippen LogP contribution is 2.48. The Bertz CT molecular complexity index is 1010. The molecule has 0 aromatic heterocycles. The Kier molecular flexibility index (Phi) is 16.5. The molecule has 2 aromatic rings. The lowest BCUT2D eigenvalue weighted by Crippen LogP contribution is -2.34. The molecule has 5 nitrogen and oxygen atoms in total. The van der Waals surface area contributed by atoms with E-state index in [1.165, 1.54) is 38.2 Å². The first-order valence-corrected chi connectivity index (χ1v) is 12.9. The number of carbonyl (C=O) groups is 3. The van der Waals surface area contributed by atoms with Crippen molar-refractivity contribution in [2.45, 2.75) is 73.6 Å². The molecule has 1 fully saturated rings. The molecule has 1 amide bonds. The van der Waals surface area contributed by atoms with Crippen molar-refractivity contribution in [2.24, 2.45) is 23.0 Å². The maximum absolute atomic E-state index is 11.3. The number of hydrogen-bond acceptors (Lipinski definition) is 4. The van der Waals surface area contributed by atoms with Gasteiger partial charge in [0.05, 0.1) is 0 Å². The van der Waals surface area contributed by atoms with E-state index in [4.69, 9.17) is 15.6 Å². The molecule has 1 aliphatic carbocycles. The molecule has 1 saturated carbocycles. The molecule has 5 heteroatoms. The Labute approximate surface area is 223 Å². The lowest BCUT2D eigenvalue weighted by molar-refractivity contribution is -0.121. The van der Waals surface area contributed by atoms with Crippen LogP contribution in [0.4, 0.5) is 0 Å². The predicted molar refractivity (Wildman–Crippen MR) is 152 cm³/mol. The van der Waals surface area contributed by atoms with Crippen LogP contribution in [0.3, 0.4) is 0 Å². The Morgan fingerprint density at radius 1 is 1.03 bits per heavy atom. The second-order valence-corrected chi connectivity index (χ2v) is 9.67. The topological polar surface area (TPSA) is 97.5 Å². The monoisotopic (exact) mass is 507 g/mol. The van der Waals surface area contributed by atoms with Crippen LogP contribution in [0.1, 0.15) is 94.3 Å². The standard InChI is InChI=1S/C24H26O.C5H11NO.C2H4O.CH4O/c1-4-24(3)16-22(17-24)15-21-9-7-19(8-10-21)5-6-20-11-13-23(14-12-20)18(2)25;1-3-4(2)5(6)7;1-2-3;1-2/h7-14,22H,4,15-17H2,1-3H3;4H,3H2,1-2H3,(H2,6,7);2H,1H3;2H,1H3. The lowest BCUT2D eigenvalue weighted by Gasteiger charge is -2.45. The number of benzene rings is 2. The van der Waals surface area contributed by atoms with Gasteiger partial charge in [0.2, 0.25) is 5.91 Å². The minimum Gasteiger partial charge on any atom is -0.400 e. The molecule has 0 bridgehead atoms. The van der Waals surface area contributed by atoms with E-state index in [1.54, 1.807) is 6.92 Å². The highest BCUT2D eigenvalue weighted by atomic mass is 16.2. The quantitative estimate of drug-likeness (QED) is 0.285. The van der Waals surface area contributed by atoms with Gasteiger partial charge in [-0.05, 0) is 80.7 Å². The molecule has 1 aliphatic rings. The molecule has 37 heavy (non-hydrogen) atoms. The van der Waals surface area contributed by atoms with Crippen LogP contribution in [0.25, 0.3) is 0 Å². The van der Waals surface area contributed by atoms with E-state index in [9.17, 15) is 9.59 Å². The van der Waals surface area contributed by atoms with Gasteiger partial charge in [-0.25, -0.2) is 0 Å². The lowest BCUT2D eigenvalue weighted by atomic mass is 9.60. The summed E-state index contributed by atoms with van der Waals surface area (Å²) in [5.41, 5.74) is 9.61. The summed E-state index contributed by atoms with van der Waals surface area (Å²) in [6.45, 7) is 11.5. The van der Waals surface area contributed by atoms with Crippen LogP contribution < -0.4 is 5.73 Å². The largest absolute Gasteiger partial charge is 0.400 e. The summed E-state index contributed by atoms with van der Waals surface area (Å²) < 4.78 is 0. The molecular formula is C32H45NO4. The van der Waals surface area contributed by atoms with Crippen LogP contribution in [-0.4, -0.2) is 30.2 Å². The van der Waals surface area contributed by atoms with Gasteiger partial charge in [0.1, 0.15) is 6.29 Å². The van der Waals surface area contributed by atoms with Crippen LogP contribution in [-0.2, 0) is 16.0 Å². The third-order valence-corrected chi connectivity index (χ3v) is 6.64. The number of rotatable bonds is 6. The number of hydrogen-bond donors (Lipinski definition) is 2. The highest BCUT2D eigenvalue weighted by molar-refractivity contribution is 5.94. The van der Waals surface area contributed by atoms with Crippen LogP contribution in [0.15, 0.2) is 48.5 Å². The molecule has 1 atom stereocenters. The molecule has 2 aromatic carbocycles. The van der Waals surface area contributed by atoms with Gasteiger partial charge < -0.3 is 15.6 Å². The second-order valence-electron chi connectivity index (χ2n) is 9.67. The Morgan fingerprint density at radius 3 is 1.78 bits per heavy atom. The predicted octanol–water partition coefficient (Wildman–Crippen LogP) is 5.99. The molecule has 3 N–H and O–H groups in total. The van der Waals surface area contributed by atoms with Gasteiger partial charge in [0.15, 0.2) is 5.78 Å². The van der Waals surface area contributed by atoms with E-state index in [0.29, 0.717) is 5.41 Å². The summed E-state index contributed by atoms with van der Waals surface area (Å²) in [4.78, 5) is 30.2. The van der Waals surface area contributed by atoms with Gasteiger partial charge in [0.25, 0.3) is 0 Å². The van der Waals surface area contributed by atoms with Gasteiger partial charge in [-0.3, -0.25) is 9.59 Å². The maximum Gasteiger partial charge on any atom is 0.220 e. The molecular weight excluding hydrogens is 462 g/mol. The zero-order valence-corrected chi connectivity index (χ0v) is 23.6. The van der Waals surface area contributed by atoms with Gasteiger partial charge in [-0.1, -0.05) is 70.2 Å². The van der Waals surface area contributed by atoms with E-state index in [1.807, 2.05) is 38.1 Å². The number of Topliss-reactive ketones (excluding diaryl/α,β-unsaturated/α-hetero) is 1. The third-order valence-electron chi connectivity index (χ3n) is 6.64. The van der Waals surface area contributed by atoms with Crippen LogP contribution in [0, 0.1) is 29.1 Å². The summed E-state index contributed by atoms with van der Waals surface area (Å²) in [5, 5.41) is 7.00. The first-order chi connectivity index (χ1) is 17.6. The summed E-state index contributed by atoms with van der Waals surface area (Å²) in [5.74, 6) is 7.14. The van der Waals surface area contributed by atoms with Crippen molar-refractivity contribution in [1.82, 2.24) is 0 Å². The van der Waals surface area contributed by atoms with E-state index in [-0.39, 0.29) is 17.6 Å². The molecule has 202 valence electrons. The SMILES string of the molecule is CC=O.CCC(C)C(N)=O.CCC1(C)CC(Cc2ccc(C#Cc3ccc(C(C)=O)cc3)cc2)C1.CO. The first kappa shape index (κ1) is 33.8. The summed E-state index contributed by atoms with van der Waals surface area (Å²) >= 11 is 0. The van der Waals surface area contributed by atoms with Crippen molar-refractivity contribution >= 4 is 18.0 Å².